The normalized spacial score (nSPS) is 4.43. The van der Waals surface area contributed by atoms with Crippen molar-refractivity contribution in [3.63, 3.8) is 0 Å². The predicted molar refractivity (Wildman–Crippen MR) is 16.6 cm³/mol. The van der Waals surface area contributed by atoms with E-state index in [1.54, 1.807) is 0 Å². The van der Waals surface area contributed by atoms with Crippen molar-refractivity contribution in [1.82, 2.24) is 0 Å². The molecule has 4 heteroatoms. The summed E-state index contributed by atoms with van der Waals surface area (Å²) in [6, 6.07) is 0. The van der Waals surface area contributed by atoms with Gasteiger partial charge in [-0.3, -0.25) is 0 Å². The minimum Gasteiger partial charge on any atom is -0.857 e. The van der Waals surface area contributed by atoms with E-state index in [0.29, 0.717) is 0 Å². The first kappa shape index (κ1) is 15.7. The quantitative estimate of drug-likeness (QED) is 0.371. The van der Waals surface area contributed by atoms with E-state index < -0.39 is 5.97 Å². The van der Waals surface area contributed by atoms with Gasteiger partial charge in [-0.1, -0.05) is 0 Å². The molecular formula is C3H6O3Zn. The molecule has 0 heterocycles. The third-order valence-corrected chi connectivity index (χ3v) is 0. The van der Waals surface area contributed by atoms with Crippen molar-refractivity contribution in [1.29, 1.82) is 0 Å². The molecular weight excluding hydrogens is 149 g/mol. The Balaban J connectivity index is -0.0000000480. The van der Waals surface area contributed by atoms with Crippen molar-refractivity contribution >= 4 is 5.97 Å². The first-order valence-corrected chi connectivity index (χ1v) is 1.32. The Bertz CT molecular complexity index is 33.2. The van der Waals surface area contributed by atoms with E-state index in [2.05, 4.69) is 0 Å². The molecule has 0 saturated carbocycles. The minimum atomic E-state index is -1.08. The Kier molecular flexibility index (Phi) is 37.3. The molecule has 0 spiro atoms. The van der Waals surface area contributed by atoms with Gasteiger partial charge in [0.25, 0.3) is 0 Å². The number of carbonyl (C=O) groups is 1. The van der Waals surface area contributed by atoms with Crippen LogP contribution in [0, 0.1) is 0 Å². The van der Waals surface area contributed by atoms with Crippen LogP contribution in [0.1, 0.15) is 6.92 Å². The van der Waals surface area contributed by atoms with Crippen LogP contribution in [0.15, 0.2) is 0 Å². The Morgan fingerprint density at radius 1 is 1.43 bits per heavy atom. The molecule has 0 aliphatic carbocycles. The van der Waals surface area contributed by atoms with Gasteiger partial charge in [0.15, 0.2) is 0 Å². The molecule has 0 rings (SSSR count). The largest absolute Gasteiger partial charge is 2.00 e. The molecule has 0 atom stereocenters. The van der Waals surface area contributed by atoms with Crippen molar-refractivity contribution < 1.29 is 34.5 Å². The summed E-state index contributed by atoms with van der Waals surface area (Å²) in [5.74, 6) is -1.08. The van der Waals surface area contributed by atoms with Gasteiger partial charge >= 0.3 is 19.5 Å². The van der Waals surface area contributed by atoms with Gasteiger partial charge in [0, 0.05) is 5.97 Å². The van der Waals surface area contributed by atoms with Crippen LogP contribution in [-0.2, 0) is 24.3 Å². The van der Waals surface area contributed by atoms with Crippen LogP contribution in [0.3, 0.4) is 0 Å². The van der Waals surface area contributed by atoms with Gasteiger partial charge in [0.05, 0.1) is 0 Å². The summed E-state index contributed by atoms with van der Waals surface area (Å²) in [7, 11) is 0.750. The zero-order valence-electron chi connectivity index (χ0n) is 4.43. The molecule has 0 aromatic rings. The van der Waals surface area contributed by atoms with E-state index in [1.165, 1.54) is 0 Å². The van der Waals surface area contributed by atoms with Gasteiger partial charge < -0.3 is 15.0 Å². The van der Waals surface area contributed by atoms with Gasteiger partial charge in [-0.2, -0.15) is 7.11 Å². The number of carboxylic acids is 1. The van der Waals surface area contributed by atoms with E-state index in [-0.39, 0.29) is 19.5 Å². The molecule has 0 N–H and O–H groups in total. The van der Waals surface area contributed by atoms with Gasteiger partial charge in [0.1, 0.15) is 0 Å². The van der Waals surface area contributed by atoms with Crippen molar-refractivity contribution in [2.45, 2.75) is 6.92 Å². The smallest absolute Gasteiger partial charge is 0.857 e. The van der Waals surface area contributed by atoms with Crippen LogP contribution < -0.4 is 10.2 Å². The molecule has 38 valence electrons. The fourth-order valence-corrected chi connectivity index (χ4v) is 0. The first-order valence-electron chi connectivity index (χ1n) is 1.32. The van der Waals surface area contributed by atoms with Crippen LogP contribution in [0.4, 0.5) is 0 Å². The van der Waals surface area contributed by atoms with Crippen molar-refractivity contribution in [2.75, 3.05) is 7.11 Å². The summed E-state index contributed by atoms with van der Waals surface area (Å²) in [6.07, 6.45) is 0. The van der Waals surface area contributed by atoms with Crippen LogP contribution in [0.2, 0.25) is 0 Å². The Labute approximate surface area is 55.1 Å². The monoisotopic (exact) mass is 154 g/mol. The summed E-state index contributed by atoms with van der Waals surface area (Å²) in [5.41, 5.74) is 0. The Hall–Kier alpha value is 0.0534. The van der Waals surface area contributed by atoms with E-state index in [9.17, 15) is 0 Å². The predicted octanol–water partition coefficient (Wildman–Crippen LogP) is -2.27. The molecule has 3 nitrogen and oxygen atoms in total. The second kappa shape index (κ2) is 16.6. The molecule has 0 amide bonds. The standard InChI is InChI=1S/C2H4O2.CH3O.Zn/c1-2(3)4;1-2;/h1H3,(H,3,4);1H3;/q;-1;+2/p-1. The van der Waals surface area contributed by atoms with E-state index in [4.69, 9.17) is 15.0 Å². The van der Waals surface area contributed by atoms with Gasteiger partial charge in [-0.05, 0) is 6.92 Å². The molecule has 0 saturated heterocycles. The summed E-state index contributed by atoms with van der Waals surface area (Å²) < 4.78 is 0. The molecule has 0 aliphatic heterocycles. The van der Waals surface area contributed by atoms with Crippen molar-refractivity contribution in [3.8, 4) is 0 Å². The summed E-state index contributed by atoms with van der Waals surface area (Å²) in [5, 5.41) is 17.1. The SMILES string of the molecule is CC(=O)[O-].C[O-].[Zn+2]. The number of carbonyl (C=O) groups excluding carboxylic acids is 1. The minimum absolute atomic E-state index is 0. The average molecular weight is 155 g/mol. The van der Waals surface area contributed by atoms with Gasteiger partial charge in [0.2, 0.25) is 0 Å². The molecule has 0 aliphatic rings. The maximum absolute atomic E-state index is 8.89. The summed E-state index contributed by atoms with van der Waals surface area (Å²) in [6.45, 7) is 0.972. The Morgan fingerprint density at radius 3 is 1.43 bits per heavy atom. The van der Waals surface area contributed by atoms with E-state index in [0.717, 1.165) is 14.0 Å². The zero-order chi connectivity index (χ0) is 5.58. The molecule has 0 radical (unpaired) electrons. The molecule has 0 unspecified atom stereocenters. The zero-order valence-corrected chi connectivity index (χ0v) is 7.40. The van der Waals surface area contributed by atoms with E-state index >= 15 is 0 Å². The number of aliphatic carboxylic acids is 1. The van der Waals surface area contributed by atoms with E-state index in [1.807, 2.05) is 0 Å². The van der Waals surface area contributed by atoms with Gasteiger partial charge in [-0.25, -0.2) is 0 Å². The maximum Gasteiger partial charge on any atom is 2.00 e. The van der Waals surface area contributed by atoms with Crippen molar-refractivity contribution in [2.24, 2.45) is 0 Å². The second-order valence-electron chi connectivity index (χ2n) is 0.492. The van der Waals surface area contributed by atoms with Crippen LogP contribution in [0.5, 0.6) is 0 Å². The number of hydrogen-bond acceptors (Lipinski definition) is 3. The summed E-state index contributed by atoms with van der Waals surface area (Å²) in [4.78, 5) is 8.89. The van der Waals surface area contributed by atoms with Crippen molar-refractivity contribution in [3.05, 3.63) is 0 Å². The molecule has 0 aromatic heterocycles. The van der Waals surface area contributed by atoms with Crippen LogP contribution in [-0.4, -0.2) is 13.1 Å². The van der Waals surface area contributed by atoms with Gasteiger partial charge in [-0.15, -0.1) is 0 Å². The van der Waals surface area contributed by atoms with Crippen LogP contribution >= 0.6 is 0 Å². The first-order chi connectivity index (χ1) is 2.73. The molecule has 0 bridgehead atoms. The molecule has 0 aromatic carbocycles. The van der Waals surface area contributed by atoms with Crippen LogP contribution in [0.25, 0.3) is 0 Å². The number of carboxylic acid groups (broad SMARTS) is 1. The topological polar surface area (TPSA) is 63.2 Å². The Morgan fingerprint density at radius 2 is 1.43 bits per heavy atom. The second-order valence-corrected chi connectivity index (χ2v) is 0.492. The molecule has 0 fully saturated rings. The number of hydrogen-bond donors (Lipinski definition) is 0. The maximum atomic E-state index is 8.89. The fourth-order valence-electron chi connectivity index (χ4n) is 0. The summed E-state index contributed by atoms with van der Waals surface area (Å²) >= 11 is 0. The third-order valence-electron chi connectivity index (χ3n) is 0. The fraction of sp³-hybridized carbons (Fsp3) is 0.667. The molecule has 7 heavy (non-hydrogen) atoms. The number of rotatable bonds is 0. The average Bonchev–Trinajstić information content (AvgIpc) is 1.41. The third kappa shape index (κ3) is 34900.